The van der Waals surface area contributed by atoms with Gasteiger partial charge >= 0.3 is 0 Å². The minimum atomic E-state index is -3.06. The number of hydrogen-bond acceptors (Lipinski definition) is 4. The molecule has 116 valence electrons. The lowest BCUT2D eigenvalue weighted by Gasteiger charge is -2.27. The summed E-state index contributed by atoms with van der Waals surface area (Å²) in [5.74, 6) is -0.0621. The fraction of sp³-hybridized carbons (Fsp3) is 0.562. The van der Waals surface area contributed by atoms with Gasteiger partial charge in [-0.3, -0.25) is 4.79 Å². The molecule has 0 saturated heterocycles. The van der Waals surface area contributed by atoms with Crippen molar-refractivity contribution in [2.24, 2.45) is 11.7 Å². The third-order valence-corrected chi connectivity index (χ3v) is 5.97. The largest absolute Gasteiger partial charge is 0.324 e. The second-order valence-corrected chi connectivity index (χ2v) is 8.33. The third-order valence-electron chi connectivity index (χ3n) is 4.34. The van der Waals surface area contributed by atoms with E-state index in [-0.39, 0.29) is 29.4 Å². The molecule has 0 radical (unpaired) electrons. The second kappa shape index (κ2) is 6.71. The summed E-state index contributed by atoms with van der Waals surface area (Å²) < 4.78 is 23.3. The van der Waals surface area contributed by atoms with Gasteiger partial charge in [0.15, 0.2) is 0 Å². The Hall–Kier alpha value is -1.20. The van der Waals surface area contributed by atoms with Gasteiger partial charge in [0.1, 0.15) is 15.6 Å². The maximum Gasteiger partial charge on any atom is 0.150 e. The van der Waals surface area contributed by atoms with Gasteiger partial charge in [0, 0.05) is 24.6 Å². The summed E-state index contributed by atoms with van der Waals surface area (Å²) in [6.07, 6.45) is 4.26. The van der Waals surface area contributed by atoms with Crippen LogP contribution in [-0.4, -0.2) is 25.7 Å². The van der Waals surface area contributed by atoms with E-state index < -0.39 is 9.84 Å². The minimum Gasteiger partial charge on any atom is -0.324 e. The van der Waals surface area contributed by atoms with Crippen LogP contribution in [0, 0.1) is 5.92 Å². The Balaban J connectivity index is 1.97. The summed E-state index contributed by atoms with van der Waals surface area (Å²) in [6, 6.07) is 9.24. The van der Waals surface area contributed by atoms with Gasteiger partial charge < -0.3 is 5.73 Å². The quantitative estimate of drug-likeness (QED) is 0.905. The predicted molar refractivity (Wildman–Crippen MR) is 83.6 cm³/mol. The van der Waals surface area contributed by atoms with Crippen LogP contribution in [0.4, 0.5) is 0 Å². The van der Waals surface area contributed by atoms with Crippen molar-refractivity contribution < 1.29 is 13.2 Å². The van der Waals surface area contributed by atoms with Gasteiger partial charge in [-0.15, -0.1) is 0 Å². The number of rotatable bonds is 5. The van der Waals surface area contributed by atoms with Crippen molar-refractivity contribution in [1.82, 2.24) is 0 Å². The molecule has 5 heteroatoms. The highest BCUT2D eigenvalue weighted by molar-refractivity contribution is 7.91. The van der Waals surface area contributed by atoms with E-state index in [1.807, 2.05) is 30.3 Å². The Labute approximate surface area is 126 Å². The molecule has 2 rings (SSSR count). The highest BCUT2D eigenvalue weighted by Crippen LogP contribution is 2.31. The Kier molecular flexibility index (Phi) is 5.17. The van der Waals surface area contributed by atoms with Crippen LogP contribution in [0.25, 0.3) is 0 Å². The molecule has 0 aromatic heterocycles. The zero-order chi connectivity index (χ0) is 15.5. The molecular formula is C16H23NO3S. The van der Waals surface area contributed by atoms with Crippen molar-refractivity contribution in [3.05, 3.63) is 35.9 Å². The third kappa shape index (κ3) is 4.38. The van der Waals surface area contributed by atoms with Gasteiger partial charge in [-0.05, 0) is 24.8 Å². The molecule has 1 aromatic rings. The van der Waals surface area contributed by atoms with Crippen molar-refractivity contribution in [3.8, 4) is 0 Å². The Morgan fingerprint density at radius 3 is 2.57 bits per heavy atom. The number of carbonyl (C=O) groups excluding carboxylic acids is 1. The lowest BCUT2D eigenvalue weighted by Crippen LogP contribution is -2.32. The number of nitrogens with two attached hydrogens (primary N) is 1. The number of carbonyl (C=O) groups is 1. The van der Waals surface area contributed by atoms with Crippen LogP contribution in [0.3, 0.4) is 0 Å². The van der Waals surface area contributed by atoms with E-state index >= 15 is 0 Å². The van der Waals surface area contributed by atoms with E-state index in [0.717, 1.165) is 18.4 Å². The molecule has 3 unspecified atom stereocenters. The minimum absolute atomic E-state index is 0.0969. The number of benzene rings is 1. The van der Waals surface area contributed by atoms with Crippen LogP contribution in [0.1, 0.15) is 43.7 Å². The first-order chi connectivity index (χ1) is 9.88. The normalized spacial score (nSPS) is 24.5. The Morgan fingerprint density at radius 1 is 1.29 bits per heavy atom. The molecule has 21 heavy (non-hydrogen) atoms. The zero-order valence-electron chi connectivity index (χ0n) is 12.4. The molecular weight excluding hydrogens is 286 g/mol. The van der Waals surface area contributed by atoms with Crippen molar-refractivity contribution in [1.29, 1.82) is 0 Å². The molecule has 0 amide bonds. The fourth-order valence-corrected chi connectivity index (χ4v) is 4.20. The molecule has 1 aromatic carbocycles. The van der Waals surface area contributed by atoms with Crippen molar-refractivity contribution >= 4 is 15.6 Å². The van der Waals surface area contributed by atoms with E-state index in [2.05, 4.69) is 0 Å². The van der Waals surface area contributed by atoms with Gasteiger partial charge in [-0.2, -0.15) is 0 Å². The average molecular weight is 309 g/mol. The van der Waals surface area contributed by atoms with Crippen LogP contribution in [0.15, 0.2) is 30.3 Å². The maximum atomic E-state index is 12.4. The first-order valence-electron chi connectivity index (χ1n) is 7.40. The monoisotopic (exact) mass is 309 g/mol. The Bertz CT molecular complexity index is 583. The molecule has 1 saturated carbocycles. The zero-order valence-corrected chi connectivity index (χ0v) is 13.2. The maximum absolute atomic E-state index is 12.4. The second-order valence-electron chi connectivity index (χ2n) is 6.00. The van der Waals surface area contributed by atoms with Crippen molar-refractivity contribution in [3.63, 3.8) is 0 Å². The molecule has 1 aliphatic carbocycles. The van der Waals surface area contributed by atoms with Crippen LogP contribution >= 0.6 is 0 Å². The SMILES string of the molecule is CS(=O)(=O)C1CCCC(C(=O)CC(N)c2ccccc2)C1. The fourth-order valence-electron chi connectivity index (χ4n) is 3.03. The van der Waals surface area contributed by atoms with Crippen LogP contribution < -0.4 is 5.73 Å². The summed E-state index contributed by atoms with van der Waals surface area (Å²) in [5.41, 5.74) is 7.03. The standard InChI is InChI=1S/C16H23NO3S/c1-21(19,20)14-9-5-8-13(10-14)16(18)11-15(17)12-6-3-2-4-7-12/h2-4,6-7,13-15H,5,8-11,17H2,1H3. The molecule has 1 fully saturated rings. The van der Waals surface area contributed by atoms with Gasteiger partial charge in [-0.1, -0.05) is 36.8 Å². The molecule has 0 spiro atoms. The molecule has 0 heterocycles. The first kappa shape index (κ1) is 16.2. The Morgan fingerprint density at radius 2 is 1.95 bits per heavy atom. The summed E-state index contributed by atoms with van der Waals surface area (Å²) >= 11 is 0. The summed E-state index contributed by atoms with van der Waals surface area (Å²) in [6.45, 7) is 0. The number of ketones is 1. The number of Topliss-reactive ketones (excluding diaryl/α,β-unsaturated/α-hetero) is 1. The van der Waals surface area contributed by atoms with Crippen LogP contribution in [-0.2, 0) is 14.6 Å². The van der Waals surface area contributed by atoms with E-state index in [1.54, 1.807) is 0 Å². The van der Waals surface area contributed by atoms with Crippen LogP contribution in [0.5, 0.6) is 0 Å². The number of sulfone groups is 1. The van der Waals surface area contributed by atoms with Crippen molar-refractivity contribution in [2.75, 3.05) is 6.26 Å². The van der Waals surface area contributed by atoms with Gasteiger partial charge in [0.05, 0.1) is 5.25 Å². The summed E-state index contributed by atoms with van der Waals surface area (Å²) in [7, 11) is -3.06. The smallest absolute Gasteiger partial charge is 0.150 e. The summed E-state index contributed by atoms with van der Waals surface area (Å²) in [4.78, 5) is 12.4. The predicted octanol–water partition coefficient (Wildman–Crippen LogP) is 2.25. The highest BCUT2D eigenvalue weighted by Gasteiger charge is 2.32. The van der Waals surface area contributed by atoms with Gasteiger partial charge in [-0.25, -0.2) is 8.42 Å². The van der Waals surface area contributed by atoms with E-state index in [4.69, 9.17) is 5.73 Å². The molecule has 2 N–H and O–H groups in total. The lowest BCUT2D eigenvalue weighted by atomic mass is 9.83. The molecule has 0 aliphatic heterocycles. The lowest BCUT2D eigenvalue weighted by molar-refractivity contribution is -0.124. The number of hydrogen-bond donors (Lipinski definition) is 1. The van der Waals surface area contributed by atoms with E-state index in [9.17, 15) is 13.2 Å². The summed E-state index contributed by atoms with van der Waals surface area (Å²) in [5, 5.41) is -0.367. The van der Waals surface area contributed by atoms with Gasteiger partial charge in [0.2, 0.25) is 0 Å². The molecule has 0 bridgehead atoms. The highest BCUT2D eigenvalue weighted by atomic mass is 32.2. The molecule has 3 atom stereocenters. The van der Waals surface area contributed by atoms with E-state index in [0.29, 0.717) is 12.8 Å². The topological polar surface area (TPSA) is 77.2 Å². The van der Waals surface area contributed by atoms with E-state index in [1.165, 1.54) is 6.26 Å². The first-order valence-corrected chi connectivity index (χ1v) is 9.35. The average Bonchev–Trinajstić information content (AvgIpc) is 2.47. The van der Waals surface area contributed by atoms with Gasteiger partial charge in [0.25, 0.3) is 0 Å². The molecule has 4 nitrogen and oxygen atoms in total. The van der Waals surface area contributed by atoms with Crippen LogP contribution in [0.2, 0.25) is 0 Å². The van der Waals surface area contributed by atoms with Crippen molar-refractivity contribution in [2.45, 2.75) is 43.4 Å². The molecule has 1 aliphatic rings.